The lowest BCUT2D eigenvalue weighted by Gasteiger charge is -2.04. The second-order valence-corrected chi connectivity index (χ2v) is 6.83. The number of H-pyrrole nitrogens is 1. The summed E-state index contributed by atoms with van der Waals surface area (Å²) in [5.74, 6) is 0. The number of hydrogen-bond donors (Lipinski definition) is 2. The summed E-state index contributed by atoms with van der Waals surface area (Å²) >= 11 is 1.59. The number of fused-ring (bicyclic) bond motifs is 1. The van der Waals surface area contributed by atoms with Gasteiger partial charge in [0.2, 0.25) is 10.0 Å². The number of aromatic nitrogens is 2. The summed E-state index contributed by atoms with van der Waals surface area (Å²) in [6, 6.07) is 5.14. The molecule has 104 valence electrons. The summed E-state index contributed by atoms with van der Waals surface area (Å²) in [6.07, 6.45) is 2.75. The van der Waals surface area contributed by atoms with Crippen LogP contribution in [0.25, 0.3) is 11.0 Å². The first-order valence-electron chi connectivity index (χ1n) is 6.05. The monoisotopic (exact) mass is 300 g/mol. The molecule has 0 aliphatic rings. The lowest BCUT2D eigenvalue weighted by atomic mass is 10.3. The maximum Gasteiger partial charge on any atom is 0.316 e. The molecule has 0 fully saturated rings. The zero-order valence-electron chi connectivity index (χ0n) is 11.2. The van der Waals surface area contributed by atoms with Crippen molar-refractivity contribution < 1.29 is 13.0 Å². The Morgan fingerprint density at radius 1 is 1.42 bits per heavy atom. The van der Waals surface area contributed by atoms with Gasteiger partial charge in [0.15, 0.2) is 11.0 Å². The summed E-state index contributed by atoms with van der Waals surface area (Å²) in [7, 11) is -1.46. The fourth-order valence-corrected chi connectivity index (χ4v) is 3.64. The molecule has 1 aromatic carbocycles. The highest BCUT2D eigenvalue weighted by Crippen LogP contribution is 2.19. The molecule has 0 saturated heterocycles. The molecule has 1 aromatic heterocycles. The van der Waals surface area contributed by atoms with Crippen molar-refractivity contribution in [3.63, 3.8) is 0 Å². The number of thioether (sulfide) groups is 1. The van der Waals surface area contributed by atoms with E-state index in [0.717, 1.165) is 22.6 Å². The van der Waals surface area contributed by atoms with Crippen molar-refractivity contribution in [2.45, 2.75) is 23.4 Å². The molecule has 0 aliphatic carbocycles. The van der Waals surface area contributed by atoms with Gasteiger partial charge in [-0.15, -0.1) is 0 Å². The Morgan fingerprint density at radius 2 is 2.16 bits per heavy atom. The minimum Gasteiger partial charge on any atom is -0.231 e. The van der Waals surface area contributed by atoms with Crippen LogP contribution in [0.15, 0.2) is 28.3 Å². The van der Waals surface area contributed by atoms with E-state index < -0.39 is 10.0 Å². The molecule has 0 saturated carbocycles. The number of nitrogens with one attached hydrogen (secondary N) is 2. The third-order valence-corrected chi connectivity index (χ3v) is 5.14. The number of benzene rings is 1. The molecule has 2 rings (SSSR count). The first kappa shape index (κ1) is 14.4. The van der Waals surface area contributed by atoms with Crippen LogP contribution in [0.2, 0.25) is 0 Å². The lowest BCUT2D eigenvalue weighted by Crippen LogP contribution is -2.28. The van der Waals surface area contributed by atoms with E-state index in [4.69, 9.17) is 0 Å². The molecule has 0 radical (unpaired) electrons. The number of hydrogen-bond acceptors (Lipinski definition) is 3. The van der Waals surface area contributed by atoms with E-state index in [2.05, 4.69) is 9.71 Å². The van der Waals surface area contributed by atoms with Gasteiger partial charge in [-0.3, -0.25) is 0 Å². The van der Waals surface area contributed by atoms with Gasteiger partial charge in [0, 0.05) is 12.6 Å². The maximum atomic E-state index is 12.1. The highest BCUT2D eigenvalue weighted by Gasteiger charge is 2.19. The summed E-state index contributed by atoms with van der Waals surface area (Å²) in [4.78, 5) is 3.51. The largest absolute Gasteiger partial charge is 0.316 e. The topological polar surface area (TPSA) is 65.8 Å². The predicted octanol–water partition coefficient (Wildman–Crippen LogP) is 1.40. The zero-order valence-corrected chi connectivity index (χ0v) is 12.9. The maximum absolute atomic E-state index is 12.1. The summed E-state index contributed by atoms with van der Waals surface area (Å²) in [5, 5.41) is 0.992. The van der Waals surface area contributed by atoms with Gasteiger partial charge in [-0.05, 0) is 36.6 Å². The Balaban J connectivity index is 2.47. The van der Waals surface area contributed by atoms with Crippen molar-refractivity contribution in [2.24, 2.45) is 7.05 Å². The van der Waals surface area contributed by atoms with E-state index in [1.165, 1.54) is 0 Å². The molecule has 0 bridgehead atoms. The highest BCUT2D eigenvalue weighted by molar-refractivity contribution is 7.98. The van der Waals surface area contributed by atoms with Gasteiger partial charge in [-0.2, -0.15) is 0 Å². The molecule has 0 aliphatic heterocycles. The standard InChI is InChI=1S/C12H17N3O2S2/c1-4-7-13-19(16,17)9-5-6-11-10(8-9)14-12(18-3)15(11)2/h5-6,8,13H,4,7H2,1-3H3/p+1. The third kappa shape index (κ3) is 2.77. The van der Waals surface area contributed by atoms with E-state index in [1.54, 1.807) is 23.9 Å². The molecule has 7 heteroatoms. The van der Waals surface area contributed by atoms with Crippen LogP contribution in [-0.4, -0.2) is 26.2 Å². The molecular formula is C12H18N3O2S2+. The molecule has 0 unspecified atom stereocenters. The van der Waals surface area contributed by atoms with Crippen LogP contribution in [0, 0.1) is 0 Å². The minimum absolute atomic E-state index is 0.294. The van der Waals surface area contributed by atoms with Gasteiger partial charge in [-0.1, -0.05) is 6.92 Å². The molecule has 2 aromatic rings. The van der Waals surface area contributed by atoms with Crippen molar-refractivity contribution in [1.29, 1.82) is 0 Å². The molecule has 19 heavy (non-hydrogen) atoms. The summed E-state index contributed by atoms with van der Waals surface area (Å²) < 4.78 is 28.7. The molecule has 0 spiro atoms. The van der Waals surface area contributed by atoms with Crippen LogP contribution >= 0.6 is 11.8 Å². The molecule has 5 nitrogen and oxygen atoms in total. The Hall–Kier alpha value is -1.05. The summed E-state index contributed by atoms with van der Waals surface area (Å²) in [5.41, 5.74) is 1.81. The highest BCUT2D eigenvalue weighted by atomic mass is 32.2. The van der Waals surface area contributed by atoms with Crippen LogP contribution in [-0.2, 0) is 17.1 Å². The van der Waals surface area contributed by atoms with Gasteiger partial charge in [0.1, 0.15) is 0 Å². The van der Waals surface area contributed by atoms with Crippen molar-refractivity contribution >= 4 is 32.8 Å². The van der Waals surface area contributed by atoms with Crippen LogP contribution < -0.4 is 9.29 Å². The van der Waals surface area contributed by atoms with Gasteiger partial charge < -0.3 is 0 Å². The number of aryl methyl sites for hydroxylation is 1. The zero-order chi connectivity index (χ0) is 14.0. The fourth-order valence-electron chi connectivity index (χ4n) is 1.89. The van der Waals surface area contributed by atoms with Crippen LogP contribution in [0.5, 0.6) is 0 Å². The SMILES string of the molecule is CCCNS(=O)(=O)c1ccc2c(c1)[nH]c(SC)[n+]2C. The number of rotatable bonds is 5. The van der Waals surface area contributed by atoms with E-state index in [1.807, 2.05) is 30.9 Å². The summed E-state index contributed by atoms with van der Waals surface area (Å²) in [6.45, 7) is 2.39. The molecule has 0 amide bonds. The van der Waals surface area contributed by atoms with Crippen LogP contribution in [0.4, 0.5) is 0 Å². The molecule has 1 heterocycles. The molecule has 0 atom stereocenters. The second kappa shape index (κ2) is 5.52. The third-order valence-electron chi connectivity index (χ3n) is 2.92. The number of aromatic amines is 1. The average Bonchev–Trinajstić information content (AvgIpc) is 2.72. The quantitative estimate of drug-likeness (QED) is 0.648. The van der Waals surface area contributed by atoms with Gasteiger partial charge >= 0.3 is 5.16 Å². The first-order chi connectivity index (χ1) is 8.99. The molecular weight excluding hydrogens is 282 g/mol. The van der Waals surface area contributed by atoms with Gasteiger partial charge in [-0.25, -0.2) is 22.7 Å². The van der Waals surface area contributed by atoms with Crippen molar-refractivity contribution in [3.05, 3.63) is 18.2 Å². The minimum atomic E-state index is -3.41. The van der Waals surface area contributed by atoms with E-state index in [-0.39, 0.29) is 0 Å². The fraction of sp³-hybridized carbons (Fsp3) is 0.417. The van der Waals surface area contributed by atoms with E-state index in [9.17, 15) is 8.42 Å². The van der Waals surface area contributed by atoms with Crippen molar-refractivity contribution in [2.75, 3.05) is 12.8 Å². The normalized spacial score (nSPS) is 12.2. The van der Waals surface area contributed by atoms with Crippen LogP contribution in [0.1, 0.15) is 13.3 Å². The Kier molecular flexibility index (Phi) is 4.17. The molecule has 2 N–H and O–H groups in total. The van der Waals surface area contributed by atoms with E-state index in [0.29, 0.717) is 11.4 Å². The predicted molar refractivity (Wildman–Crippen MR) is 76.7 cm³/mol. The lowest BCUT2D eigenvalue weighted by molar-refractivity contribution is -0.683. The number of sulfonamides is 1. The van der Waals surface area contributed by atoms with Gasteiger partial charge in [0.25, 0.3) is 0 Å². The van der Waals surface area contributed by atoms with Crippen molar-refractivity contribution in [1.82, 2.24) is 9.71 Å². The first-order valence-corrected chi connectivity index (χ1v) is 8.75. The number of nitrogens with zero attached hydrogens (tertiary/aromatic N) is 1. The number of imidazole rings is 1. The Morgan fingerprint density at radius 3 is 2.79 bits per heavy atom. The average molecular weight is 300 g/mol. The van der Waals surface area contributed by atoms with Crippen molar-refractivity contribution in [3.8, 4) is 0 Å². The van der Waals surface area contributed by atoms with Crippen LogP contribution in [0.3, 0.4) is 0 Å². The van der Waals surface area contributed by atoms with Gasteiger partial charge in [0.05, 0.1) is 11.9 Å². The second-order valence-electron chi connectivity index (χ2n) is 4.27. The Labute approximate surface area is 117 Å². The van der Waals surface area contributed by atoms with E-state index >= 15 is 0 Å². The Bertz CT molecular complexity index is 692. The smallest absolute Gasteiger partial charge is 0.231 e.